The molecule has 0 amide bonds. The highest BCUT2D eigenvalue weighted by Gasteiger charge is 2.18. The van der Waals surface area contributed by atoms with Crippen molar-refractivity contribution >= 4 is 0 Å². The number of aryl methyl sites for hydroxylation is 1. The van der Waals surface area contributed by atoms with Gasteiger partial charge in [0.05, 0.1) is 6.61 Å². The summed E-state index contributed by atoms with van der Waals surface area (Å²) in [6.45, 7) is 3.78. The first-order chi connectivity index (χ1) is 8.66. The predicted molar refractivity (Wildman–Crippen MR) is 71.5 cm³/mol. The van der Waals surface area contributed by atoms with Crippen LogP contribution in [0.3, 0.4) is 0 Å². The molecule has 1 atom stereocenters. The van der Waals surface area contributed by atoms with Crippen molar-refractivity contribution in [1.82, 2.24) is 4.90 Å². The molecule has 100 valence electrons. The Kier molecular flexibility index (Phi) is 4.59. The maximum absolute atomic E-state index is 12.9. The molecule has 1 aliphatic heterocycles. The Hall–Kier alpha value is -1.09. The van der Waals surface area contributed by atoms with Crippen molar-refractivity contribution in [2.45, 2.75) is 38.6 Å². The van der Waals surface area contributed by atoms with E-state index in [2.05, 4.69) is 11.9 Å². The number of rotatable bonds is 4. The zero-order chi connectivity index (χ0) is 13.0. The number of piperidine rings is 1. The van der Waals surface area contributed by atoms with Crippen LogP contribution < -0.4 is 4.74 Å². The van der Waals surface area contributed by atoms with Gasteiger partial charge in [0.15, 0.2) is 0 Å². The first-order valence-corrected chi connectivity index (χ1v) is 6.76. The molecule has 1 fully saturated rings. The molecule has 0 N–H and O–H groups in total. The molecule has 0 radical (unpaired) electrons. The molecule has 0 spiro atoms. The van der Waals surface area contributed by atoms with Crippen LogP contribution in [0.2, 0.25) is 0 Å². The van der Waals surface area contributed by atoms with Gasteiger partial charge >= 0.3 is 0 Å². The number of benzene rings is 1. The van der Waals surface area contributed by atoms with E-state index in [1.165, 1.54) is 37.9 Å². The monoisotopic (exact) mass is 251 g/mol. The van der Waals surface area contributed by atoms with Crippen LogP contribution in [-0.2, 0) is 0 Å². The van der Waals surface area contributed by atoms with Gasteiger partial charge in [-0.2, -0.15) is 0 Å². The van der Waals surface area contributed by atoms with E-state index in [0.29, 0.717) is 12.6 Å². The van der Waals surface area contributed by atoms with Crippen LogP contribution in [0.25, 0.3) is 0 Å². The Morgan fingerprint density at radius 3 is 2.94 bits per heavy atom. The van der Waals surface area contributed by atoms with Crippen LogP contribution in [0.5, 0.6) is 5.75 Å². The molecule has 0 aliphatic carbocycles. The number of halogens is 1. The molecule has 2 nitrogen and oxygen atoms in total. The number of hydrogen-bond acceptors (Lipinski definition) is 2. The number of nitrogens with zero attached hydrogens (tertiary/aromatic N) is 1. The minimum atomic E-state index is -0.202. The topological polar surface area (TPSA) is 12.5 Å². The third-order valence-corrected chi connectivity index (χ3v) is 3.77. The van der Waals surface area contributed by atoms with Gasteiger partial charge in [-0.25, -0.2) is 4.39 Å². The maximum atomic E-state index is 12.9. The molecule has 1 aromatic rings. The highest BCUT2D eigenvalue weighted by molar-refractivity contribution is 5.32. The van der Waals surface area contributed by atoms with Crippen molar-refractivity contribution in [3.63, 3.8) is 0 Å². The van der Waals surface area contributed by atoms with Gasteiger partial charge in [-0.1, -0.05) is 6.42 Å². The van der Waals surface area contributed by atoms with E-state index < -0.39 is 0 Å². The minimum Gasteiger partial charge on any atom is -0.493 e. The third-order valence-electron chi connectivity index (χ3n) is 3.77. The lowest BCUT2D eigenvalue weighted by Crippen LogP contribution is -2.37. The van der Waals surface area contributed by atoms with Gasteiger partial charge in [0.2, 0.25) is 0 Å². The molecular formula is C15H22FNO. The number of hydrogen-bond donors (Lipinski definition) is 0. The number of likely N-dealkylation sites (tertiary alicyclic amines) is 1. The lowest BCUT2D eigenvalue weighted by atomic mass is 10.0. The lowest BCUT2D eigenvalue weighted by molar-refractivity contribution is 0.153. The Morgan fingerprint density at radius 1 is 1.39 bits per heavy atom. The van der Waals surface area contributed by atoms with Crippen LogP contribution >= 0.6 is 0 Å². The van der Waals surface area contributed by atoms with Gasteiger partial charge in [0.25, 0.3) is 0 Å². The molecule has 0 bridgehead atoms. The fourth-order valence-electron chi connectivity index (χ4n) is 2.59. The van der Waals surface area contributed by atoms with Crippen LogP contribution in [0, 0.1) is 12.7 Å². The zero-order valence-electron chi connectivity index (χ0n) is 11.3. The van der Waals surface area contributed by atoms with Crippen molar-refractivity contribution in [2.75, 3.05) is 20.2 Å². The van der Waals surface area contributed by atoms with Gasteiger partial charge < -0.3 is 9.64 Å². The van der Waals surface area contributed by atoms with E-state index in [0.717, 1.165) is 17.7 Å². The van der Waals surface area contributed by atoms with E-state index in [-0.39, 0.29) is 5.82 Å². The summed E-state index contributed by atoms with van der Waals surface area (Å²) in [5, 5.41) is 0. The van der Waals surface area contributed by atoms with Gasteiger partial charge in [0.1, 0.15) is 11.6 Å². The van der Waals surface area contributed by atoms with Crippen molar-refractivity contribution < 1.29 is 9.13 Å². The van der Waals surface area contributed by atoms with Crippen molar-refractivity contribution in [1.29, 1.82) is 0 Å². The van der Waals surface area contributed by atoms with Gasteiger partial charge in [-0.05, 0) is 63.5 Å². The molecule has 1 heterocycles. The highest BCUT2D eigenvalue weighted by Crippen LogP contribution is 2.21. The SMILES string of the molecule is Cc1cc(F)ccc1OCCC1CCCCN1C. The van der Waals surface area contributed by atoms with E-state index in [1.54, 1.807) is 6.07 Å². The van der Waals surface area contributed by atoms with Crippen molar-refractivity contribution in [3.05, 3.63) is 29.6 Å². The summed E-state index contributed by atoms with van der Waals surface area (Å²) < 4.78 is 18.7. The number of ether oxygens (including phenoxy) is 1. The smallest absolute Gasteiger partial charge is 0.123 e. The molecule has 1 aromatic carbocycles. The molecule has 1 unspecified atom stereocenters. The molecule has 1 aliphatic rings. The average Bonchev–Trinajstić information content (AvgIpc) is 2.34. The largest absolute Gasteiger partial charge is 0.493 e. The summed E-state index contributed by atoms with van der Waals surface area (Å²) in [6, 6.07) is 5.33. The zero-order valence-corrected chi connectivity index (χ0v) is 11.3. The quantitative estimate of drug-likeness (QED) is 0.813. The minimum absolute atomic E-state index is 0.202. The van der Waals surface area contributed by atoms with Gasteiger partial charge in [-0.15, -0.1) is 0 Å². The highest BCUT2D eigenvalue weighted by atomic mass is 19.1. The summed E-state index contributed by atoms with van der Waals surface area (Å²) >= 11 is 0. The normalized spacial score (nSPS) is 20.9. The summed E-state index contributed by atoms with van der Waals surface area (Å²) in [5.41, 5.74) is 0.868. The molecule has 1 saturated heterocycles. The average molecular weight is 251 g/mol. The first-order valence-electron chi connectivity index (χ1n) is 6.76. The van der Waals surface area contributed by atoms with Crippen LogP contribution in [0.15, 0.2) is 18.2 Å². The molecule has 3 heteroatoms. The van der Waals surface area contributed by atoms with Crippen LogP contribution in [-0.4, -0.2) is 31.1 Å². The summed E-state index contributed by atoms with van der Waals surface area (Å²) in [4.78, 5) is 2.42. The lowest BCUT2D eigenvalue weighted by Gasteiger charge is -2.32. The molecular weight excluding hydrogens is 229 g/mol. The summed E-state index contributed by atoms with van der Waals surface area (Å²) in [5.74, 6) is 0.599. The molecule has 2 rings (SSSR count). The second-order valence-corrected chi connectivity index (χ2v) is 5.18. The van der Waals surface area contributed by atoms with Gasteiger partial charge in [-0.3, -0.25) is 0 Å². The van der Waals surface area contributed by atoms with E-state index in [1.807, 2.05) is 6.92 Å². The molecule has 18 heavy (non-hydrogen) atoms. The maximum Gasteiger partial charge on any atom is 0.123 e. The third kappa shape index (κ3) is 3.45. The van der Waals surface area contributed by atoms with E-state index in [9.17, 15) is 4.39 Å². The fourth-order valence-corrected chi connectivity index (χ4v) is 2.59. The molecule has 0 aromatic heterocycles. The summed E-state index contributed by atoms with van der Waals surface area (Å²) in [6.07, 6.45) is 4.95. The predicted octanol–water partition coefficient (Wildman–Crippen LogP) is 3.39. The van der Waals surface area contributed by atoms with Gasteiger partial charge in [0, 0.05) is 6.04 Å². The second kappa shape index (κ2) is 6.19. The standard InChI is InChI=1S/C15H22FNO/c1-12-11-13(16)6-7-15(12)18-10-8-14-5-3-4-9-17(14)2/h6-7,11,14H,3-5,8-10H2,1-2H3. The second-order valence-electron chi connectivity index (χ2n) is 5.18. The Bertz CT molecular complexity index is 394. The first kappa shape index (κ1) is 13.3. The van der Waals surface area contributed by atoms with E-state index >= 15 is 0 Å². The fraction of sp³-hybridized carbons (Fsp3) is 0.600. The van der Waals surface area contributed by atoms with Crippen molar-refractivity contribution in [2.24, 2.45) is 0 Å². The van der Waals surface area contributed by atoms with Crippen LogP contribution in [0.4, 0.5) is 4.39 Å². The molecule has 0 saturated carbocycles. The Morgan fingerprint density at radius 2 is 2.22 bits per heavy atom. The van der Waals surface area contributed by atoms with Crippen molar-refractivity contribution in [3.8, 4) is 5.75 Å². The Balaban J connectivity index is 1.81. The Labute approximate surface area is 109 Å². The summed E-state index contributed by atoms with van der Waals surface area (Å²) in [7, 11) is 2.19. The van der Waals surface area contributed by atoms with E-state index in [4.69, 9.17) is 4.74 Å². The van der Waals surface area contributed by atoms with Crippen LogP contribution in [0.1, 0.15) is 31.2 Å².